The Bertz CT molecular complexity index is 351. The third-order valence-corrected chi connectivity index (χ3v) is 5.54. The average molecular weight is 265 g/mol. The quantitative estimate of drug-likeness (QED) is 0.911. The first-order valence-corrected chi connectivity index (χ1v) is 8.09. The molecule has 3 heterocycles. The molecule has 100 valence electrons. The summed E-state index contributed by atoms with van der Waals surface area (Å²) in [5, 5.41) is 7.02. The van der Waals surface area contributed by atoms with E-state index < -0.39 is 0 Å². The highest BCUT2D eigenvalue weighted by Gasteiger charge is 2.30. The van der Waals surface area contributed by atoms with Crippen molar-refractivity contribution < 1.29 is 0 Å². The van der Waals surface area contributed by atoms with Crippen LogP contribution in [0.3, 0.4) is 0 Å². The van der Waals surface area contributed by atoms with Crippen molar-refractivity contribution in [2.24, 2.45) is 5.92 Å². The number of piperidine rings is 1. The van der Waals surface area contributed by atoms with Crippen molar-refractivity contribution in [2.75, 3.05) is 19.6 Å². The molecule has 2 fully saturated rings. The number of nitrogens with one attached hydrogen (secondary N) is 1. The lowest BCUT2D eigenvalue weighted by atomic mass is 9.88. The minimum Gasteiger partial charge on any atom is -0.314 e. The normalized spacial score (nSPS) is 28.6. The Morgan fingerprint density at radius 3 is 2.83 bits per heavy atom. The topological polar surface area (TPSA) is 28.2 Å². The van der Waals surface area contributed by atoms with Gasteiger partial charge in [0.25, 0.3) is 0 Å². The summed E-state index contributed by atoms with van der Waals surface area (Å²) in [7, 11) is 0. The van der Waals surface area contributed by atoms with Crippen LogP contribution in [0.4, 0.5) is 0 Å². The molecule has 0 saturated carbocycles. The number of aromatic nitrogens is 1. The third kappa shape index (κ3) is 2.60. The molecular formula is C14H23N3S. The van der Waals surface area contributed by atoms with Gasteiger partial charge in [-0.15, -0.1) is 11.3 Å². The highest BCUT2D eigenvalue weighted by molar-refractivity contribution is 7.09. The van der Waals surface area contributed by atoms with Crippen LogP contribution >= 0.6 is 11.3 Å². The number of nitrogens with zero attached hydrogens (tertiary/aromatic N) is 2. The number of hydrogen-bond acceptors (Lipinski definition) is 4. The van der Waals surface area contributed by atoms with E-state index in [4.69, 9.17) is 0 Å². The first kappa shape index (κ1) is 12.6. The Kier molecular flexibility index (Phi) is 3.97. The average Bonchev–Trinajstić information content (AvgIpc) is 3.11. The van der Waals surface area contributed by atoms with E-state index in [0.29, 0.717) is 6.04 Å². The van der Waals surface area contributed by atoms with E-state index in [-0.39, 0.29) is 0 Å². The molecule has 2 unspecified atom stereocenters. The summed E-state index contributed by atoms with van der Waals surface area (Å²) < 4.78 is 0. The Balaban J connectivity index is 1.53. The second-order valence-corrected chi connectivity index (χ2v) is 6.55. The van der Waals surface area contributed by atoms with Crippen molar-refractivity contribution in [3.8, 4) is 0 Å². The van der Waals surface area contributed by atoms with Gasteiger partial charge < -0.3 is 5.32 Å². The van der Waals surface area contributed by atoms with Crippen LogP contribution in [0.1, 0.15) is 43.7 Å². The standard InChI is InChI=1S/C14H23N3S/c1-11(14-16-7-10-18-14)17-8-4-12(5-9-17)13-3-2-6-15-13/h7,10-13,15H,2-6,8-9H2,1H3. The van der Waals surface area contributed by atoms with Crippen LogP contribution in [0.25, 0.3) is 0 Å². The lowest BCUT2D eigenvalue weighted by molar-refractivity contribution is 0.126. The molecule has 1 N–H and O–H groups in total. The molecule has 0 amide bonds. The van der Waals surface area contributed by atoms with Crippen molar-refractivity contribution in [3.63, 3.8) is 0 Å². The first-order valence-electron chi connectivity index (χ1n) is 7.21. The molecule has 1 aromatic rings. The minimum absolute atomic E-state index is 0.502. The number of rotatable bonds is 3. The highest BCUT2D eigenvalue weighted by Crippen LogP contribution is 2.30. The van der Waals surface area contributed by atoms with E-state index in [1.807, 2.05) is 6.20 Å². The molecule has 4 heteroatoms. The van der Waals surface area contributed by atoms with Crippen molar-refractivity contribution in [3.05, 3.63) is 16.6 Å². The molecule has 3 nitrogen and oxygen atoms in total. The summed E-state index contributed by atoms with van der Waals surface area (Å²) >= 11 is 1.79. The van der Waals surface area contributed by atoms with Gasteiger partial charge in [-0.3, -0.25) is 4.90 Å². The van der Waals surface area contributed by atoms with E-state index >= 15 is 0 Å². The molecule has 0 radical (unpaired) electrons. The maximum atomic E-state index is 4.45. The summed E-state index contributed by atoms with van der Waals surface area (Å²) in [6, 6.07) is 1.31. The summed E-state index contributed by atoms with van der Waals surface area (Å²) in [4.78, 5) is 7.05. The van der Waals surface area contributed by atoms with Gasteiger partial charge in [-0.2, -0.15) is 0 Å². The van der Waals surface area contributed by atoms with E-state index in [9.17, 15) is 0 Å². The van der Waals surface area contributed by atoms with Crippen molar-refractivity contribution in [2.45, 2.75) is 44.7 Å². The molecule has 3 rings (SSSR count). The van der Waals surface area contributed by atoms with Gasteiger partial charge in [0.05, 0.1) is 6.04 Å². The Morgan fingerprint density at radius 1 is 1.39 bits per heavy atom. The Hall–Kier alpha value is -0.450. The molecule has 2 aliphatic heterocycles. The van der Waals surface area contributed by atoms with Crippen molar-refractivity contribution in [1.82, 2.24) is 15.2 Å². The molecule has 0 bridgehead atoms. The van der Waals surface area contributed by atoms with Crippen LogP contribution in [0, 0.1) is 5.92 Å². The fraction of sp³-hybridized carbons (Fsp3) is 0.786. The minimum atomic E-state index is 0.502. The molecule has 0 aromatic carbocycles. The van der Waals surface area contributed by atoms with E-state index in [1.165, 1.54) is 50.3 Å². The van der Waals surface area contributed by atoms with Gasteiger partial charge in [-0.25, -0.2) is 4.98 Å². The van der Waals surface area contributed by atoms with Crippen LogP contribution in [-0.4, -0.2) is 35.6 Å². The van der Waals surface area contributed by atoms with Crippen LogP contribution in [0.2, 0.25) is 0 Å². The zero-order valence-corrected chi connectivity index (χ0v) is 12.0. The lowest BCUT2D eigenvalue weighted by Crippen LogP contribution is -2.41. The van der Waals surface area contributed by atoms with Crippen molar-refractivity contribution in [1.29, 1.82) is 0 Å². The highest BCUT2D eigenvalue weighted by atomic mass is 32.1. The van der Waals surface area contributed by atoms with Crippen LogP contribution in [0.15, 0.2) is 11.6 Å². The lowest BCUT2D eigenvalue weighted by Gasteiger charge is -2.37. The largest absolute Gasteiger partial charge is 0.314 e. The summed E-state index contributed by atoms with van der Waals surface area (Å²) in [5.74, 6) is 0.909. The molecule has 2 saturated heterocycles. The van der Waals surface area contributed by atoms with Gasteiger partial charge in [-0.1, -0.05) is 0 Å². The predicted molar refractivity (Wildman–Crippen MR) is 75.9 cm³/mol. The molecule has 2 aliphatic rings. The van der Waals surface area contributed by atoms with Gasteiger partial charge >= 0.3 is 0 Å². The van der Waals surface area contributed by atoms with Crippen LogP contribution in [-0.2, 0) is 0 Å². The fourth-order valence-corrected chi connectivity index (χ4v) is 4.15. The predicted octanol–water partition coefficient (Wildman–Crippen LogP) is 2.67. The van der Waals surface area contributed by atoms with E-state index in [0.717, 1.165) is 12.0 Å². The van der Waals surface area contributed by atoms with Crippen LogP contribution in [0.5, 0.6) is 0 Å². The zero-order chi connectivity index (χ0) is 12.4. The maximum Gasteiger partial charge on any atom is 0.109 e. The van der Waals surface area contributed by atoms with E-state index in [1.54, 1.807) is 11.3 Å². The smallest absolute Gasteiger partial charge is 0.109 e. The molecular weight excluding hydrogens is 242 g/mol. The summed E-state index contributed by atoms with van der Waals surface area (Å²) in [6.45, 7) is 6.01. The first-order chi connectivity index (χ1) is 8.84. The summed E-state index contributed by atoms with van der Waals surface area (Å²) in [5.41, 5.74) is 0. The fourth-order valence-electron chi connectivity index (χ4n) is 3.42. The number of thiazole rings is 1. The van der Waals surface area contributed by atoms with Gasteiger partial charge in [0, 0.05) is 17.6 Å². The van der Waals surface area contributed by atoms with Crippen molar-refractivity contribution >= 4 is 11.3 Å². The molecule has 1 aromatic heterocycles. The Morgan fingerprint density at radius 2 is 2.22 bits per heavy atom. The third-order valence-electron chi connectivity index (χ3n) is 4.60. The van der Waals surface area contributed by atoms with E-state index in [2.05, 4.69) is 27.5 Å². The van der Waals surface area contributed by atoms with Gasteiger partial charge in [0.2, 0.25) is 0 Å². The zero-order valence-electron chi connectivity index (χ0n) is 11.1. The van der Waals surface area contributed by atoms with Gasteiger partial charge in [0.1, 0.15) is 5.01 Å². The number of hydrogen-bond donors (Lipinski definition) is 1. The second-order valence-electron chi connectivity index (χ2n) is 5.62. The molecule has 2 atom stereocenters. The second kappa shape index (κ2) is 5.68. The molecule has 18 heavy (non-hydrogen) atoms. The van der Waals surface area contributed by atoms with Gasteiger partial charge in [0.15, 0.2) is 0 Å². The SMILES string of the molecule is CC(c1nccs1)N1CCC(C2CCCN2)CC1. The molecule has 0 aliphatic carbocycles. The monoisotopic (exact) mass is 265 g/mol. The molecule has 0 spiro atoms. The maximum absolute atomic E-state index is 4.45. The van der Waals surface area contributed by atoms with Gasteiger partial charge in [-0.05, 0) is 58.2 Å². The Labute approximate surface area is 114 Å². The van der Waals surface area contributed by atoms with Crippen LogP contribution < -0.4 is 5.32 Å². The number of likely N-dealkylation sites (tertiary alicyclic amines) is 1. The summed E-state index contributed by atoms with van der Waals surface area (Å²) in [6.07, 6.45) is 7.40.